The highest BCUT2D eigenvalue weighted by Crippen LogP contribution is 2.33. The van der Waals surface area contributed by atoms with Crippen LogP contribution in [0.5, 0.6) is 0 Å². The molecular weight excluding hydrogens is 502 g/mol. The van der Waals surface area contributed by atoms with Crippen LogP contribution in [-0.4, -0.2) is 32.0 Å². The summed E-state index contributed by atoms with van der Waals surface area (Å²) in [5.74, 6) is 0. The summed E-state index contributed by atoms with van der Waals surface area (Å²) >= 11 is 0. The van der Waals surface area contributed by atoms with E-state index in [-0.39, 0.29) is 33.3 Å². The van der Waals surface area contributed by atoms with E-state index in [0.717, 1.165) is 18.2 Å². The van der Waals surface area contributed by atoms with Crippen LogP contribution < -0.4 is 16.8 Å². The third kappa shape index (κ3) is 6.87. The van der Waals surface area contributed by atoms with Crippen molar-refractivity contribution >= 4 is 60.4 Å². The Bertz CT molecular complexity index is 1550. The van der Waals surface area contributed by atoms with Crippen molar-refractivity contribution in [1.82, 2.24) is 0 Å². The summed E-state index contributed by atoms with van der Waals surface area (Å²) < 4.78 is 64.6. The van der Waals surface area contributed by atoms with Gasteiger partial charge in [-0.1, -0.05) is 0 Å². The number of carbonyl (C=O) groups is 1. The van der Waals surface area contributed by atoms with Gasteiger partial charge in [0.05, 0.1) is 22.0 Å². The van der Waals surface area contributed by atoms with E-state index < -0.39 is 31.2 Å². The smallest absolute Gasteiger partial charge is 0.316 e. The van der Waals surface area contributed by atoms with Crippen LogP contribution in [0.4, 0.5) is 38.9 Å². The molecule has 3 aromatic carbocycles. The molecule has 7 N–H and O–H groups in total. The molecule has 0 atom stereocenters. The topological polar surface area (TPSA) is 239 Å². The Labute approximate surface area is 198 Å². The third-order valence-corrected chi connectivity index (χ3v) is 5.93. The fraction of sp³-hybridized carbons (Fsp3) is 0. The van der Waals surface area contributed by atoms with Crippen molar-refractivity contribution in [2.75, 3.05) is 11.1 Å². The predicted molar refractivity (Wildman–Crippen MR) is 125 cm³/mol. The third-order valence-electron chi connectivity index (χ3n) is 4.18. The molecule has 3 rings (SSSR count). The standard InChI is InChI=1S/C19H17N7O7S2/c20-11-1-7-15(17(9-11)22-19(21)27)25-26-16-8-4-13(10-18(16)35(31,32)33)24-23-12-2-5-14(6-3-12)34(28,29)30/h1-10H,20H2,(H3,21,22,27)(H,28,29,30)(H,31,32,33)/b24-23+,26-25+. The summed E-state index contributed by atoms with van der Waals surface area (Å²) in [7, 11) is -9.13. The number of hydrogen-bond acceptors (Lipinski definition) is 10. The van der Waals surface area contributed by atoms with E-state index in [9.17, 15) is 26.2 Å². The predicted octanol–water partition coefficient (Wildman–Crippen LogP) is 4.08. The summed E-state index contributed by atoms with van der Waals surface area (Å²) in [6.45, 7) is 0. The van der Waals surface area contributed by atoms with Gasteiger partial charge < -0.3 is 16.8 Å². The molecule has 0 heterocycles. The zero-order valence-electron chi connectivity index (χ0n) is 17.5. The highest BCUT2D eigenvalue weighted by atomic mass is 32.2. The fourth-order valence-corrected chi connectivity index (χ4v) is 3.76. The van der Waals surface area contributed by atoms with Crippen LogP contribution in [0.3, 0.4) is 0 Å². The molecule has 2 amide bonds. The summed E-state index contributed by atoms with van der Waals surface area (Å²) in [5, 5.41) is 17.7. The van der Waals surface area contributed by atoms with Gasteiger partial charge in [0.15, 0.2) is 0 Å². The molecular formula is C19H17N7O7S2. The lowest BCUT2D eigenvalue weighted by molar-refractivity contribution is 0.259. The number of hydrogen-bond donors (Lipinski definition) is 5. The number of anilines is 2. The van der Waals surface area contributed by atoms with Gasteiger partial charge in [0.2, 0.25) is 0 Å². The van der Waals surface area contributed by atoms with E-state index in [1.807, 2.05) is 0 Å². The molecule has 35 heavy (non-hydrogen) atoms. The van der Waals surface area contributed by atoms with Gasteiger partial charge in [0.25, 0.3) is 20.2 Å². The summed E-state index contributed by atoms with van der Waals surface area (Å²) in [6.07, 6.45) is 0. The molecule has 0 aliphatic heterocycles. The maximum absolute atomic E-state index is 11.9. The number of amides is 2. The zero-order chi connectivity index (χ0) is 25.8. The average molecular weight is 520 g/mol. The van der Waals surface area contributed by atoms with Crippen LogP contribution in [0.15, 0.2) is 90.9 Å². The Kier molecular flexibility index (Phi) is 7.20. The van der Waals surface area contributed by atoms with Crippen molar-refractivity contribution in [1.29, 1.82) is 0 Å². The first kappa shape index (κ1) is 25.4. The maximum atomic E-state index is 11.9. The quantitative estimate of drug-likeness (QED) is 0.172. The Morgan fingerprint density at radius 3 is 1.91 bits per heavy atom. The minimum atomic E-state index is -4.76. The van der Waals surface area contributed by atoms with Crippen molar-refractivity contribution in [3.63, 3.8) is 0 Å². The summed E-state index contributed by atoms with van der Waals surface area (Å²) in [5.41, 5.74) is 11.3. The lowest BCUT2D eigenvalue weighted by Crippen LogP contribution is -2.19. The molecule has 3 aromatic rings. The fourth-order valence-electron chi connectivity index (χ4n) is 2.64. The lowest BCUT2D eigenvalue weighted by Gasteiger charge is -2.07. The Morgan fingerprint density at radius 1 is 0.743 bits per heavy atom. The second-order valence-corrected chi connectivity index (χ2v) is 9.57. The molecule has 0 bridgehead atoms. The number of primary amides is 1. The van der Waals surface area contributed by atoms with E-state index in [1.54, 1.807) is 0 Å². The monoisotopic (exact) mass is 519 g/mol. The minimum Gasteiger partial charge on any atom is -0.399 e. The number of carbonyl (C=O) groups excluding carboxylic acids is 1. The van der Waals surface area contributed by atoms with Crippen molar-refractivity contribution < 1.29 is 30.7 Å². The second-order valence-electron chi connectivity index (χ2n) is 6.76. The number of benzene rings is 3. The first-order valence-electron chi connectivity index (χ1n) is 9.31. The van der Waals surface area contributed by atoms with Crippen molar-refractivity contribution in [3.8, 4) is 0 Å². The molecule has 182 valence electrons. The van der Waals surface area contributed by atoms with Crippen LogP contribution in [-0.2, 0) is 20.2 Å². The van der Waals surface area contributed by atoms with Gasteiger partial charge in [-0.05, 0) is 60.7 Å². The Balaban J connectivity index is 1.93. The highest BCUT2D eigenvalue weighted by Gasteiger charge is 2.17. The molecule has 0 saturated carbocycles. The molecule has 0 saturated heterocycles. The van der Waals surface area contributed by atoms with Gasteiger partial charge in [0, 0.05) is 5.69 Å². The van der Waals surface area contributed by atoms with Gasteiger partial charge in [-0.25, -0.2) is 4.79 Å². The molecule has 0 aliphatic rings. The van der Waals surface area contributed by atoms with Crippen LogP contribution in [0.25, 0.3) is 0 Å². The Morgan fingerprint density at radius 2 is 1.31 bits per heavy atom. The molecule has 0 fully saturated rings. The number of nitrogen functional groups attached to an aromatic ring is 1. The number of rotatable bonds is 7. The molecule has 0 radical (unpaired) electrons. The van der Waals surface area contributed by atoms with Gasteiger partial charge >= 0.3 is 6.03 Å². The van der Waals surface area contributed by atoms with E-state index in [2.05, 4.69) is 25.8 Å². The highest BCUT2D eigenvalue weighted by molar-refractivity contribution is 7.86. The molecule has 0 aromatic heterocycles. The number of nitrogens with two attached hydrogens (primary N) is 2. The molecule has 0 aliphatic carbocycles. The van der Waals surface area contributed by atoms with Crippen LogP contribution in [0.1, 0.15) is 0 Å². The largest absolute Gasteiger partial charge is 0.399 e. The normalized spacial score (nSPS) is 12.3. The van der Waals surface area contributed by atoms with E-state index in [1.165, 1.54) is 42.5 Å². The first-order chi connectivity index (χ1) is 16.3. The number of urea groups is 1. The second kappa shape index (κ2) is 9.94. The van der Waals surface area contributed by atoms with E-state index >= 15 is 0 Å². The summed E-state index contributed by atoms with van der Waals surface area (Å²) in [4.78, 5) is 10.2. The van der Waals surface area contributed by atoms with Crippen molar-refractivity contribution in [2.45, 2.75) is 9.79 Å². The van der Waals surface area contributed by atoms with Crippen molar-refractivity contribution in [3.05, 3.63) is 60.7 Å². The molecule has 16 heteroatoms. The maximum Gasteiger partial charge on any atom is 0.316 e. The summed E-state index contributed by atoms with van der Waals surface area (Å²) in [6, 6.07) is 11.7. The van der Waals surface area contributed by atoms with E-state index in [4.69, 9.17) is 16.0 Å². The average Bonchev–Trinajstić information content (AvgIpc) is 2.76. The first-order valence-corrected chi connectivity index (χ1v) is 12.2. The number of azo groups is 2. The van der Waals surface area contributed by atoms with Crippen molar-refractivity contribution in [2.24, 2.45) is 26.2 Å². The molecule has 0 unspecified atom stereocenters. The van der Waals surface area contributed by atoms with Crippen LogP contribution in [0.2, 0.25) is 0 Å². The van der Waals surface area contributed by atoms with Crippen LogP contribution in [0, 0.1) is 0 Å². The van der Waals surface area contributed by atoms with E-state index in [0.29, 0.717) is 5.69 Å². The van der Waals surface area contributed by atoms with Gasteiger partial charge in [0.1, 0.15) is 16.3 Å². The zero-order valence-corrected chi connectivity index (χ0v) is 19.1. The number of nitrogens with zero attached hydrogens (tertiary/aromatic N) is 4. The SMILES string of the molecule is NC(=O)Nc1cc(N)ccc1/N=N/c1ccc(/N=N/c2ccc(S(=O)(=O)O)cc2)cc1S(=O)(=O)O. The number of nitrogens with one attached hydrogen (secondary N) is 1. The van der Waals surface area contributed by atoms with Crippen LogP contribution >= 0.6 is 0 Å². The van der Waals surface area contributed by atoms with Gasteiger partial charge in [-0.3, -0.25) is 9.11 Å². The van der Waals surface area contributed by atoms with Gasteiger partial charge in [-0.2, -0.15) is 27.1 Å². The Hall–Kier alpha value is -4.25. The lowest BCUT2D eigenvalue weighted by atomic mass is 10.2. The molecule has 14 nitrogen and oxygen atoms in total. The van der Waals surface area contributed by atoms with Gasteiger partial charge in [-0.15, -0.1) is 10.2 Å². The minimum absolute atomic E-state index is 0.0130. The molecule has 0 spiro atoms.